The molecule has 0 aromatic heterocycles. The highest BCUT2D eigenvalue weighted by molar-refractivity contribution is 7.99. The van der Waals surface area contributed by atoms with Crippen LogP contribution >= 0.6 is 11.8 Å². The van der Waals surface area contributed by atoms with Crippen LogP contribution in [0.4, 0.5) is 4.39 Å². The van der Waals surface area contributed by atoms with Gasteiger partial charge in [-0.15, -0.1) is 11.8 Å². The van der Waals surface area contributed by atoms with Crippen molar-refractivity contribution in [2.75, 3.05) is 12.3 Å². The first kappa shape index (κ1) is 8.08. The Balaban J connectivity index is 2.49. The molecule has 1 unspecified atom stereocenters. The number of hydrogen-bond acceptors (Lipinski definition) is 2. The molecule has 0 amide bonds. The van der Waals surface area contributed by atoms with Gasteiger partial charge in [0.25, 0.3) is 0 Å². The molecule has 0 saturated heterocycles. The van der Waals surface area contributed by atoms with Crippen LogP contribution < -0.4 is 5.73 Å². The average molecular weight is 183 g/mol. The van der Waals surface area contributed by atoms with Crippen molar-refractivity contribution in [2.45, 2.75) is 10.6 Å². The molecule has 1 aromatic carbocycles. The molecular formula is C9H10FNS. The number of benzene rings is 1. The van der Waals surface area contributed by atoms with Gasteiger partial charge < -0.3 is 5.73 Å². The first-order chi connectivity index (χ1) is 5.76. The van der Waals surface area contributed by atoms with Gasteiger partial charge in [0.15, 0.2) is 5.67 Å². The summed E-state index contributed by atoms with van der Waals surface area (Å²) < 4.78 is 13.9. The number of alkyl halides is 1. The van der Waals surface area contributed by atoms with Gasteiger partial charge in [0, 0.05) is 22.8 Å². The molecule has 0 radical (unpaired) electrons. The second-order valence-corrected chi connectivity index (χ2v) is 3.97. The minimum absolute atomic E-state index is 0.0804. The van der Waals surface area contributed by atoms with Gasteiger partial charge in [-0.05, 0) is 6.07 Å². The SMILES string of the molecule is NCC1(F)CSc2ccccc21. The van der Waals surface area contributed by atoms with E-state index in [0.29, 0.717) is 5.75 Å². The summed E-state index contributed by atoms with van der Waals surface area (Å²) in [5.74, 6) is 0.461. The van der Waals surface area contributed by atoms with Crippen molar-refractivity contribution in [3.05, 3.63) is 29.8 Å². The first-order valence-corrected chi connectivity index (χ1v) is 4.86. The van der Waals surface area contributed by atoms with Gasteiger partial charge in [-0.1, -0.05) is 18.2 Å². The van der Waals surface area contributed by atoms with Gasteiger partial charge in [0.1, 0.15) is 0 Å². The van der Waals surface area contributed by atoms with E-state index in [9.17, 15) is 4.39 Å². The fourth-order valence-corrected chi connectivity index (χ4v) is 2.64. The number of nitrogens with two attached hydrogens (primary N) is 1. The van der Waals surface area contributed by atoms with Crippen molar-refractivity contribution >= 4 is 11.8 Å². The molecule has 0 bridgehead atoms. The van der Waals surface area contributed by atoms with Crippen LogP contribution in [0.2, 0.25) is 0 Å². The van der Waals surface area contributed by atoms with Crippen molar-refractivity contribution in [1.82, 2.24) is 0 Å². The molecule has 1 nitrogen and oxygen atoms in total. The van der Waals surface area contributed by atoms with E-state index in [1.54, 1.807) is 11.8 Å². The van der Waals surface area contributed by atoms with Crippen LogP contribution in [0.3, 0.4) is 0 Å². The zero-order chi connectivity index (χ0) is 8.60. The summed E-state index contributed by atoms with van der Waals surface area (Å²) in [6, 6.07) is 7.54. The van der Waals surface area contributed by atoms with Crippen molar-refractivity contribution < 1.29 is 4.39 Å². The molecule has 64 valence electrons. The highest BCUT2D eigenvalue weighted by atomic mass is 32.2. The molecule has 0 aliphatic carbocycles. The van der Waals surface area contributed by atoms with Crippen LogP contribution in [0.1, 0.15) is 5.56 Å². The van der Waals surface area contributed by atoms with Crippen LogP contribution in [-0.4, -0.2) is 12.3 Å². The Bertz CT molecular complexity index is 302. The number of thioether (sulfide) groups is 1. The average Bonchev–Trinajstić information content (AvgIpc) is 2.46. The van der Waals surface area contributed by atoms with Crippen LogP contribution in [0.5, 0.6) is 0 Å². The van der Waals surface area contributed by atoms with Gasteiger partial charge >= 0.3 is 0 Å². The summed E-state index contributed by atoms with van der Waals surface area (Å²) in [4.78, 5) is 1.03. The number of halogens is 1. The maximum absolute atomic E-state index is 13.9. The van der Waals surface area contributed by atoms with E-state index < -0.39 is 5.67 Å². The lowest BCUT2D eigenvalue weighted by atomic mass is 9.98. The second kappa shape index (κ2) is 2.75. The van der Waals surface area contributed by atoms with E-state index in [-0.39, 0.29) is 6.54 Å². The quantitative estimate of drug-likeness (QED) is 0.719. The van der Waals surface area contributed by atoms with Gasteiger partial charge in [0.2, 0.25) is 0 Å². The van der Waals surface area contributed by atoms with E-state index >= 15 is 0 Å². The molecule has 0 fully saturated rings. The summed E-state index contributed by atoms with van der Waals surface area (Å²) in [6.07, 6.45) is 0. The molecule has 1 aliphatic heterocycles. The molecule has 0 saturated carbocycles. The van der Waals surface area contributed by atoms with E-state index in [1.165, 1.54) is 0 Å². The monoisotopic (exact) mass is 183 g/mol. The van der Waals surface area contributed by atoms with Crippen LogP contribution in [0.15, 0.2) is 29.2 Å². The van der Waals surface area contributed by atoms with E-state index in [2.05, 4.69) is 0 Å². The Hall–Kier alpha value is -0.540. The maximum atomic E-state index is 13.9. The maximum Gasteiger partial charge on any atom is 0.158 e. The lowest BCUT2D eigenvalue weighted by Crippen LogP contribution is -2.30. The molecule has 2 rings (SSSR count). The van der Waals surface area contributed by atoms with Crippen LogP contribution in [0, 0.1) is 0 Å². The van der Waals surface area contributed by atoms with Gasteiger partial charge in [-0.3, -0.25) is 0 Å². The summed E-state index contributed by atoms with van der Waals surface area (Å²) in [5.41, 5.74) is 4.87. The molecule has 2 N–H and O–H groups in total. The minimum Gasteiger partial charge on any atom is -0.327 e. The predicted octanol–water partition coefficient (Wildman–Crippen LogP) is 1.92. The Morgan fingerprint density at radius 3 is 3.00 bits per heavy atom. The third kappa shape index (κ3) is 1.04. The van der Waals surface area contributed by atoms with Crippen LogP contribution in [0.25, 0.3) is 0 Å². The van der Waals surface area contributed by atoms with Crippen molar-refractivity contribution in [3.63, 3.8) is 0 Å². The smallest absolute Gasteiger partial charge is 0.158 e. The van der Waals surface area contributed by atoms with Gasteiger partial charge in [0.05, 0.1) is 0 Å². The van der Waals surface area contributed by atoms with Crippen molar-refractivity contribution in [2.24, 2.45) is 5.73 Å². The zero-order valence-corrected chi connectivity index (χ0v) is 7.40. The molecule has 1 atom stereocenters. The van der Waals surface area contributed by atoms with Crippen molar-refractivity contribution in [1.29, 1.82) is 0 Å². The third-order valence-corrected chi connectivity index (χ3v) is 3.42. The fraction of sp³-hybridized carbons (Fsp3) is 0.333. The summed E-state index contributed by atoms with van der Waals surface area (Å²) in [5, 5.41) is 0. The highest BCUT2D eigenvalue weighted by Gasteiger charge is 2.37. The number of hydrogen-bond donors (Lipinski definition) is 1. The molecule has 1 aliphatic rings. The van der Waals surface area contributed by atoms with Crippen molar-refractivity contribution in [3.8, 4) is 0 Å². The minimum atomic E-state index is -1.29. The van der Waals surface area contributed by atoms with E-state index in [4.69, 9.17) is 5.73 Å². The van der Waals surface area contributed by atoms with E-state index in [0.717, 1.165) is 10.5 Å². The predicted molar refractivity (Wildman–Crippen MR) is 49.0 cm³/mol. The standard InChI is InChI=1S/C9H10FNS/c10-9(5-11)6-12-8-4-2-1-3-7(8)9/h1-4H,5-6,11H2. The Kier molecular flexibility index (Phi) is 1.85. The van der Waals surface area contributed by atoms with Gasteiger partial charge in [-0.25, -0.2) is 4.39 Å². The van der Waals surface area contributed by atoms with Gasteiger partial charge in [-0.2, -0.15) is 0 Å². The van der Waals surface area contributed by atoms with E-state index in [1.807, 2.05) is 24.3 Å². The highest BCUT2D eigenvalue weighted by Crippen LogP contribution is 2.43. The fourth-order valence-electron chi connectivity index (χ4n) is 1.40. The third-order valence-electron chi connectivity index (χ3n) is 2.15. The molecule has 0 spiro atoms. The molecule has 1 aromatic rings. The Morgan fingerprint density at radius 1 is 1.50 bits per heavy atom. The van der Waals surface area contributed by atoms with Crippen LogP contribution in [-0.2, 0) is 5.67 Å². The largest absolute Gasteiger partial charge is 0.327 e. The lowest BCUT2D eigenvalue weighted by molar-refractivity contribution is 0.211. The lowest BCUT2D eigenvalue weighted by Gasteiger charge is -2.16. The summed E-state index contributed by atoms with van der Waals surface area (Å²) in [7, 11) is 0. The molecule has 3 heteroatoms. The first-order valence-electron chi connectivity index (χ1n) is 3.87. The zero-order valence-electron chi connectivity index (χ0n) is 6.59. The number of rotatable bonds is 1. The number of fused-ring (bicyclic) bond motifs is 1. The Morgan fingerprint density at radius 2 is 2.25 bits per heavy atom. The Labute approximate surface area is 75.1 Å². The normalized spacial score (nSPS) is 27.2. The molecule has 1 heterocycles. The summed E-state index contributed by atoms with van der Waals surface area (Å²) >= 11 is 1.54. The summed E-state index contributed by atoms with van der Waals surface area (Å²) in [6.45, 7) is 0.0804. The second-order valence-electron chi connectivity index (χ2n) is 2.95. The molecular weight excluding hydrogens is 173 g/mol. The molecule has 12 heavy (non-hydrogen) atoms. The topological polar surface area (TPSA) is 26.0 Å².